The second-order valence-electron chi connectivity index (χ2n) is 10.8. The van der Waals surface area contributed by atoms with Gasteiger partial charge in [0.25, 0.3) is 0 Å². The molecule has 43 heavy (non-hydrogen) atoms. The third kappa shape index (κ3) is 4.15. The molecule has 0 spiro atoms. The lowest BCUT2D eigenvalue weighted by Crippen LogP contribution is -1.96. The van der Waals surface area contributed by atoms with Crippen LogP contribution in [0.4, 0.5) is 0 Å². The molecule has 0 saturated carbocycles. The van der Waals surface area contributed by atoms with Crippen molar-refractivity contribution in [2.75, 3.05) is 0 Å². The van der Waals surface area contributed by atoms with Crippen molar-refractivity contribution in [3.8, 4) is 16.8 Å². The van der Waals surface area contributed by atoms with Gasteiger partial charge in [0.05, 0.1) is 16.6 Å². The SMILES string of the molecule is C=C/C(=C\c1c(C)n(-c2ccccc2)c2ccccc12)c1cccc(-c2ccc3oc4nc5ccccc5nc4c3c2)c1. The first-order valence-corrected chi connectivity index (χ1v) is 14.4. The Morgan fingerprint density at radius 1 is 0.721 bits per heavy atom. The van der Waals surface area contributed by atoms with Crippen LogP contribution < -0.4 is 0 Å². The maximum atomic E-state index is 6.08. The van der Waals surface area contributed by atoms with Crippen LogP contribution in [0.25, 0.3) is 72.6 Å². The average Bonchev–Trinajstić information content (AvgIpc) is 3.55. The highest BCUT2D eigenvalue weighted by atomic mass is 16.3. The van der Waals surface area contributed by atoms with Gasteiger partial charge in [-0.3, -0.25) is 0 Å². The molecule has 3 aromatic heterocycles. The summed E-state index contributed by atoms with van der Waals surface area (Å²) in [6, 6.07) is 41.9. The molecule has 4 nitrogen and oxygen atoms in total. The summed E-state index contributed by atoms with van der Waals surface area (Å²) in [4.78, 5) is 9.59. The molecule has 0 aliphatic rings. The molecule has 4 heteroatoms. The van der Waals surface area contributed by atoms with E-state index in [0.717, 1.165) is 55.5 Å². The van der Waals surface area contributed by atoms with E-state index >= 15 is 0 Å². The minimum Gasteiger partial charge on any atom is -0.436 e. The Bertz CT molecular complexity index is 2370. The van der Waals surface area contributed by atoms with Crippen molar-refractivity contribution < 1.29 is 4.42 Å². The molecule has 0 saturated heterocycles. The fraction of sp³-hybridized carbons (Fsp3) is 0.0256. The highest BCUT2D eigenvalue weighted by Gasteiger charge is 2.16. The van der Waals surface area contributed by atoms with E-state index in [-0.39, 0.29) is 0 Å². The van der Waals surface area contributed by atoms with Crippen molar-refractivity contribution in [3.05, 3.63) is 151 Å². The first kappa shape index (κ1) is 25.0. The molecule has 0 radical (unpaired) electrons. The lowest BCUT2D eigenvalue weighted by Gasteiger charge is -2.09. The highest BCUT2D eigenvalue weighted by Crippen LogP contribution is 2.35. The normalized spacial score (nSPS) is 12.1. The molecule has 0 aliphatic carbocycles. The van der Waals surface area contributed by atoms with Gasteiger partial charge >= 0.3 is 0 Å². The number of allylic oxidation sites excluding steroid dienone is 2. The Kier molecular flexibility index (Phi) is 5.80. The number of benzene rings is 5. The fourth-order valence-corrected chi connectivity index (χ4v) is 6.10. The third-order valence-corrected chi connectivity index (χ3v) is 8.20. The molecular formula is C39H27N3O. The van der Waals surface area contributed by atoms with E-state index in [1.54, 1.807) is 0 Å². The summed E-state index contributed by atoms with van der Waals surface area (Å²) >= 11 is 0. The minimum atomic E-state index is 0.557. The fourth-order valence-electron chi connectivity index (χ4n) is 6.10. The van der Waals surface area contributed by atoms with Crippen molar-refractivity contribution in [2.45, 2.75) is 6.92 Å². The van der Waals surface area contributed by atoms with Crippen molar-refractivity contribution in [1.29, 1.82) is 0 Å². The Morgan fingerprint density at radius 3 is 2.30 bits per heavy atom. The van der Waals surface area contributed by atoms with Crippen LogP contribution in [0.3, 0.4) is 0 Å². The summed E-state index contributed by atoms with van der Waals surface area (Å²) in [5, 5.41) is 2.17. The molecule has 0 N–H and O–H groups in total. The predicted molar refractivity (Wildman–Crippen MR) is 178 cm³/mol. The smallest absolute Gasteiger partial charge is 0.246 e. The van der Waals surface area contributed by atoms with E-state index in [1.807, 2.05) is 36.4 Å². The van der Waals surface area contributed by atoms with Crippen LogP contribution in [0.15, 0.2) is 138 Å². The monoisotopic (exact) mass is 553 g/mol. The molecular weight excluding hydrogens is 526 g/mol. The maximum absolute atomic E-state index is 6.08. The Labute approximate surface area is 248 Å². The lowest BCUT2D eigenvalue weighted by atomic mass is 9.96. The van der Waals surface area contributed by atoms with E-state index in [0.29, 0.717) is 5.71 Å². The minimum absolute atomic E-state index is 0.557. The largest absolute Gasteiger partial charge is 0.436 e. The van der Waals surface area contributed by atoms with Crippen LogP contribution in [0, 0.1) is 6.92 Å². The first-order valence-electron chi connectivity index (χ1n) is 14.4. The topological polar surface area (TPSA) is 43.9 Å². The predicted octanol–water partition coefficient (Wildman–Crippen LogP) is 10.2. The van der Waals surface area contributed by atoms with E-state index in [1.165, 1.54) is 22.2 Å². The van der Waals surface area contributed by atoms with Crippen molar-refractivity contribution in [2.24, 2.45) is 0 Å². The number of hydrogen-bond donors (Lipinski definition) is 0. The van der Waals surface area contributed by atoms with Gasteiger partial charge in [-0.05, 0) is 83.8 Å². The lowest BCUT2D eigenvalue weighted by molar-refractivity contribution is 0.655. The van der Waals surface area contributed by atoms with E-state index < -0.39 is 0 Å². The van der Waals surface area contributed by atoms with Crippen molar-refractivity contribution >= 4 is 55.8 Å². The Balaban J connectivity index is 1.24. The van der Waals surface area contributed by atoms with Gasteiger partial charge in [0, 0.05) is 27.7 Å². The van der Waals surface area contributed by atoms with Gasteiger partial charge in [-0.15, -0.1) is 0 Å². The van der Waals surface area contributed by atoms with Crippen LogP contribution in [0.1, 0.15) is 16.8 Å². The van der Waals surface area contributed by atoms with Gasteiger partial charge in [0.2, 0.25) is 5.71 Å². The maximum Gasteiger partial charge on any atom is 0.246 e. The van der Waals surface area contributed by atoms with Crippen LogP contribution in [0.2, 0.25) is 0 Å². The van der Waals surface area contributed by atoms with Crippen LogP contribution in [-0.2, 0) is 0 Å². The van der Waals surface area contributed by atoms with Crippen LogP contribution in [-0.4, -0.2) is 14.5 Å². The highest BCUT2D eigenvalue weighted by molar-refractivity contribution is 6.05. The molecule has 3 heterocycles. The summed E-state index contributed by atoms with van der Waals surface area (Å²) in [7, 11) is 0. The van der Waals surface area contributed by atoms with Crippen molar-refractivity contribution in [3.63, 3.8) is 0 Å². The number of nitrogens with zero attached hydrogens (tertiary/aromatic N) is 3. The molecule has 204 valence electrons. The summed E-state index contributed by atoms with van der Waals surface area (Å²) in [6.07, 6.45) is 4.21. The molecule has 0 fully saturated rings. The molecule has 0 atom stereocenters. The molecule has 0 unspecified atom stereocenters. The molecule has 0 aliphatic heterocycles. The van der Waals surface area contributed by atoms with E-state index in [9.17, 15) is 0 Å². The Morgan fingerprint density at radius 2 is 1.47 bits per heavy atom. The van der Waals surface area contributed by atoms with Gasteiger partial charge in [-0.1, -0.05) is 85.5 Å². The molecule has 0 bridgehead atoms. The van der Waals surface area contributed by atoms with Crippen LogP contribution >= 0.6 is 0 Å². The van der Waals surface area contributed by atoms with Crippen LogP contribution in [0.5, 0.6) is 0 Å². The molecule has 8 aromatic rings. The van der Waals surface area contributed by atoms with Gasteiger partial charge in [-0.25, -0.2) is 9.97 Å². The summed E-state index contributed by atoms with van der Waals surface area (Å²) in [5.41, 5.74) is 12.9. The summed E-state index contributed by atoms with van der Waals surface area (Å²) in [5.74, 6) is 0. The average molecular weight is 554 g/mol. The number of fused-ring (bicyclic) bond motifs is 5. The number of aromatic nitrogens is 3. The van der Waals surface area contributed by atoms with Gasteiger partial charge < -0.3 is 8.98 Å². The Hall–Kier alpha value is -5.74. The second-order valence-corrected chi connectivity index (χ2v) is 10.8. The van der Waals surface area contributed by atoms with E-state index in [2.05, 4.69) is 115 Å². The summed E-state index contributed by atoms with van der Waals surface area (Å²) < 4.78 is 8.41. The quantitative estimate of drug-likeness (QED) is 0.199. The zero-order valence-electron chi connectivity index (χ0n) is 23.7. The summed E-state index contributed by atoms with van der Waals surface area (Å²) in [6.45, 7) is 6.39. The zero-order chi connectivity index (χ0) is 28.9. The number of rotatable bonds is 5. The number of para-hydroxylation sites is 4. The van der Waals surface area contributed by atoms with Gasteiger partial charge in [0.15, 0.2) is 0 Å². The second kappa shape index (κ2) is 9.97. The standard InChI is InChI=1S/C39H27N3O/c1-3-26(23-32-25(2)42(30-14-5-4-6-15-30)36-19-10-7-16-31(32)36)27-12-11-13-28(22-27)29-20-21-37-33(24-29)38-39(43-37)41-35-18-9-8-17-34(35)40-38/h3-24H,1H2,2H3/b26-23+. The van der Waals surface area contributed by atoms with Gasteiger partial charge in [0.1, 0.15) is 11.1 Å². The zero-order valence-corrected chi connectivity index (χ0v) is 23.7. The molecule has 8 rings (SSSR count). The number of hydrogen-bond acceptors (Lipinski definition) is 3. The molecule has 5 aromatic carbocycles. The van der Waals surface area contributed by atoms with Gasteiger partial charge in [-0.2, -0.15) is 0 Å². The third-order valence-electron chi connectivity index (χ3n) is 8.20. The molecule has 0 amide bonds. The van der Waals surface area contributed by atoms with Crippen molar-refractivity contribution in [1.82, 2.24) is 14.5 Å². The first-order chi connectivity index (χ1) is 21.2. The number of furan rings is 1. The van der Waals surface area contributed by atoms with E-state index in [4.69, 9.17) is 14.4 Å².